The smallest absolute Gasteiger partial charge is 0.226 e. The molecule has 0 spiro atoms. The molecule has 1 rings (SSSR count). The Morgan fingerprint density at radius 3 is 2.61 bits per heavy atom. The van der Waals surface area contributed by atoms with Gasteiger partial charge in [0.25, 0.3) is 0 Å². The highest BCUT2D eigenvalue weighted by Gasteiger charge is 2.16. The summed E-state index contributed by atoms with van der Waals surface area (Å²) in [5.74, 6) is 0.765. The van der Waals surface area contributed by atoms with E-state index in [-0.39, 0.29) is 5.91 Å². The molecule has 0 saturated heterocycles. The monoisotopic (exact) mass is 250 g/mol. The van der Waals surface area contributed by atoms with Crippen molar-refractivity contribution >= 4 is 11.6 Å². The summed E-state index contributed by atoms with van der Waals surface area (Å²) in [6, 6.07) is 5.59. The standard InChI is InChI=1S/C14H22N2O2/c1-5-18-12-7-6-11(8-10(12)2)16-13(17)9-14(3,4)15/h6-8H,5,9,15H2,1-4H3,(H,16,17). The number of benzene rings is 1. The number of amides is 1. The molecule has 100 valence electrons. The molecule has 1 amide bonds. The first-order chi connectivity index (χ1) is 8.31. The molecule has 18 heavy (non-hydrogen) atoms. The lowest BCUT2D eigenvalue weighted by molar-refractivity contribution is -0.117. The number of ether oxygens (including phenoxy) is 1. The zero-order valence-electron chi connectivity index (χ0n) is 11.5. The van der Waals surface area contributed by atoms with E-state index in [2.05, 4.69) is 5.32 Å². The first-order valence-corrected chi connectivity index (χ1v) is 6.14. The third kappa shape index (κ3) is 4.75. The molecule has 0 heterocycles. The van der Waals surface area contributed by atoms with Crippen LogP contribution in [0.25, 0.3) is 0 Å². The molecule has 0 radical (unpaired) electrons. The van der Waals surface area contributed by atoms with Gasteiger partial charge in [-0.05, 0) is 51.5 Å². The lowest BCUT2D eigenvalue weighted by Crippen LogP contribution is -2.36. The molecule has 0 atom stereocenters. The number of carbonyl (C=O) groups excluding carboxylic acids is 1. The minimum atomic E-state index is -0.496. The predicted octanol–water partition coefficient (Wildman–Crippen LogP) is 2.46. The Hall–Kier alpha value is -1.55. The highest BCUT2D eigenvalue weighted by Crippen LogP contribution is 2.22. The van der Waals surface area contributed by atoms with Crippen molar-refractivity contribution in [3.8, 4) is 5.75 Å². The summed E-state index contributed by atoms with van der Waals surface area (Å²) in [6.45, 7) is 8.19. The summed E-state index contributed by atoms with van der Waals surface area (Å²) in [6.07, 6.45) is 0.291. The fourth-order valence-corrected chi connectivity index (χ4v) is 1.66. The highest BCUT2D eigenvalue weighted by molar-refractivity contribution is 5.91. The number of aryl methyl sites for hydroxylation is 1. The molecule has 0 fully saturated rings. The van der Waals surface area contributed by atoms with Crippen molar-refractivity contribution in [2.45, 2.75) is 39.7 Å². The average Bonchev–Trinajstić information content (AvgIpc) is 2.19. The number of nitrogens with two attached hydrogens (primary N) is 1. The van der Waals surface area contributed by atoms with E-state index in [1.807, 2.05) is 45.9 Å². The normalized spacial score (nSPS) is 11.2. The molecule has 0 unspecified atom stereocenters. The molecule has 0 aliphatic carbocycles. The summed E-state index contributed by atoms with van der Waals surface area (Å²) < 4.78 is 5.44. The molecule has 0 aliphatic rings. The van der Waals surface area contributed by atoms with Gasteiger partial charge in [0.1, 0.15) is 5.75 Å². The van der Waals surface area contributed by atoms with Crippen LogP contribution >= 0.6 is 0 Å². The maximum atomic E-state index is 11.7. The summed E-state index contributed by atoms with van der Waals surface area (Å²) in [7, 11) is 0. The van der Waals surface area contributed by atoms with Gasteiger partial charge in [-0.3, -0.25) is 4.79 Å². The molecule has 0 saturated carbocycles. The fourth-order valence-electron chi connectivity index (χ4n) is 1.66. The summed E-state index contributed by atoms with van der Waals surface area (Å²) >= 11 is 0. The van der Waals surface area contributed by atoms with Crippen molar-refractivity contribution in [3.63, 3.8) is 0 Å². The quantitative estimate of drug-likeness (QED) is 0.843. The highest BCUT2D eigenvalue weighted by atomic mass is 16.5. The van der Waals surface area contributed by atoms with E-state index < -0.39 is 5.54 Å². The minimum Gasteiger partial charge on any atom is -0.494 e. The van der Waals surface area contributed by atoms with Crippen molar-refractivity contribution in [3.05, 3.63) is 23.8 Å². The van der Waals surface area contributed by atoms with Crippen LogP contribution in [0, 0.1) is 6.92 Å². The van der Waals surface area contributed by atoms with Gasteiger partial charge in [0.05, 0.1) is 6.61 Å². The number of carbonyl (C=O) groups is 1. The number of nitrogens with one attached hydrogen (secondary N) is 1. The first-order valence-electron chi connectivity index (χ1n) is 6.14. The van der Waals surface area contributed by atoms with E-state index in [1.165, 1.54) is 0 Å². The van der Waals surface area contributed by atoms with Gasteiger partial charge in [-0.2, -0.15) is 0 Å². The number of hydrogen-bond donors (Lipinski definition) is 2. The maximum absolute atomic E-state index is 11.7. The van der Waals surface area contributed by atoms with E-state index in [0.717, 1.165) is 17.0 Å². The Balaban J connectivity index is 2.69. The van der Waals surface area contributed by atoms with E-state index in [9.17, 15) is 4.79 Å². The van der Waals surface area contributed by atoms with Crippen molar-refractivity contribution in [2.24, 2.45) is 5.73 Å². The topological polar surface area (TPSA) is 64.3 Å². The van der Waals surface area contributed by atoms with Crippen LogP contribution in [-0.2, 0) is 4.79 Å². The van der Waals surface area contributed by atoms with Gasteiger partial charge in [-0.1, -0.05) is 0 Å². The number of anilines is 1. The van der Waals surface area contributed by atoms with Crippen LogP contribution in [0.1, 0.15) is 32.8 Å². The van der Waals surface area contributed by atoms with Gasteiger partial charge in [-0.15, -0.1) is 0 Å². The second-order valence-electron chi connectivity index (χ2n) is 5.13. The van der Waals surface area contributed by atoms with Gasteiger partial charge < -0.3 is 15.8 Å². The Bertz CT molecular complexity index is 422. The number of hydrogen-bond acceptors (Lipinski definition) is 3. The molecule has 0 aliphatic heterocycles. The van der Waals surface area contributed by atoms with Crippen LogP contribution in [0.5, 0.6) is 5.75 Å². The Morgan fingerprint density at radius 1 is 1.44 bits per heavy atom. The zero-order valence-corrected chi connectivity index (χ0v) is 11.5. The molecule has 1 aromatic rings. The molecular formula is C14H22N2O2. The van der Waals surface area contributed by atoms with Crippen molar-refractivity contribution in [1.29, 1.82) is 0 Å². The van der Waals surface area contributed by atoms with Gasteiger partial charge >= 0.3 is 0 Å². The van der Waals surface area contributed by atoms with Crippen molar-refractivity contribution < 1.29 is 9.53 Å². The molecule has 3 N–H and O–H groups in total. The Labute approximate surface area is 109 Å². The second kappa shape index (κ2) is 5.87. The van der Waals surface area contributed by atoms with E-state index in [4.69, 9.17) is 10.5 Å². The summed E-state index contributed by atoms with van der Waals surface area (Å²) in [5.41, 5.74) is 7.08. The lowest BCUT2D eigenvalue weighted by atomic mass is 10.0. The fraction of sp³-hybridized carbons (Fsp3) is 0.500. The third-order valence-corrected chi connectivity index (χ3v) is 2.37. The zero-order chi connectivity index (χ0) is 13.8. The van der Waals surface area contributed by atoms with E-state index in [1.54, 1.807) is 0 Å². The van der Waals surface area contributed by atoms with E-state index >= 15 is 0 Å². The van der Waals surface area contributed by atoms with Gasteiger partial charge in [0.2, 0.25) is 5.91 Å². The van der Waals surface area contributed by atoms with E-state index in [0.29, 0.717) is 13.0 Å². The third-order valence-electron chi connectivity index (χ3n) is 2.37. The largest absolute Gasteiger partial charge is 0.494 e. The van der Waals surface area contributed by atoms with Crippen molar-refractivity contribution in [2.75, 3.05) is 11.9 Å². The second-order valence-corrected chi connectivity index (χ2v) is 5.13. The molecule has 1 aromatic carbocycles. The maximum Gasteiger partial charge on any atom is 0.226 e. The average molecular weight is 250 g/mol. The van der Waals surface area contributed by atoms with Crippen LogP contribution in [0.3, 0.4) is 0 Å². The summed E-state index contributed by atoms with van der Waals surface area (Å²) in [4.78, 5) is 11.7. The predicted molar refractivity (Wildman–Crippen MR) is 73.9 cm³/mol. The van der Waals surface area contributed by atoms with Crippen LogP contribution in [0.4, 0.5) is 5.69 Å². The first kappa shape index (κ1) is 14.5. The van der Waals surface area contributed by atoms with Crippen molar-refractivity contribution in [1.82, 2.24) is 0 Å². The van der Waals surface area contributed by atoms with Gasteiger partial charge in [0.15, 0.2) is 0 Å². The molecule has 0 aromatic heterocycles. The molecule has 4 heteroatoms. The molecule has 4 nitrogen and oxygen atoms in total. The van der Waals surface area contributed by atoms with Crippen LogP contribution in [0.2, 0.25) is 0 Å². The van der Waals surface area contributed by atoms with Gasteiger partial charge in [-0.25, -0.2) is 0 Å². The SMILES string of the molecule is CCOc1ccc(NC(=O)CC(C)(C)N)cc1C. The minimum absolute atomic E-state index is 0.0777. The Morgan fingerprint density at radius 2 is 2.11 bits per heavy atom. The lowest BCUT2D eigenvalue weighted by Gasteiger charge is -2.18. The number of rotatable bonds is 5. The van der Waals surface area contributed by atoms with Crippen LogP contribution in [-0.4, -0.2) is 18.1 Å². The van der Waals surface area contributed by atoms with Crippen LogP contribution < -0.4 is 15.8 Å². The summed E-state index contributed by atoms with van der Waals surface area (Å²) in [5, 5.41) is 2.83. The molecule has 0 bridgehead atoms. The van der Waals surface area contributed by atoms with Gasteiger partial charge in [0, 0.05) is 17.6 Å². The molecular weight excluding hydrogens is 228 g/mol. The Kier molecular flexibility index (Phi) is 4.73. The van der Waals surface area contributed by atoms with Crippen LogP contribution in [0.15, 0.2) is 18.2 Å².